The molecule has 0 aliphatic carbocycles. The zero-order chi connectivity index (χ0) is 29.7. The standard InChI is InChI=1S/C25H30F3N7O4S/c1-15(2)20(14-36)33-23(37)16-7-5-9-18(11-16)32-24-31-13-19(25(26,27)28)21(34-24)30-12-17-8-6-10-29-22(17)35(3)40(4,38)39/h5-11,13,15,20,36H,12,14H2,1-4H3,(H,33,37)(H2,30,31,32,34)/t20-/m0/s1. The molecule has 1 aromatic carbocycles. The van der Waals surface area contributed by atoms with Gasteiger partial charge >= 0.3 is 6.18 Å². The van der Waals surface area contributed by atoms with Crippen LogP contribution in [0.3, 0.4) is 0 Å². The molecule has 11 nitrogen and oxygen atoms in total. The molecule has 1 atom stereocenters. The number of anilines is 4. The van der Waals surface area contributed by atoms with Crippen molar-refractivity contribution < 1.29 is 31.5 Å². The summed E-state index contributed by atoms with van der Waals surface area (Å²) < 4.78 is 66.1. The molecular formula is C25H30F3N7O4S. The lowest BCUT2D eigenvalue weighted by atomic mass is 10.0. The summed E-state index contributed by atoms with van der Waals surface area (Å²) in [6, 6.07) is 8.79. The van der Waals surface area contributed by atoms with Gasteiger partial charge in [0.25, 0.3) is 5.91 Å². The van der Waals surface area contributed by atoms with Crippen LogP contribution in [0.1, 0.15) is 35.3 Å². The average Bonchev–Trinajstić information content (AvgIpc) is 2.89. The molecule has 3 aromatic rings. The summed E-state index contributed by atoms with van der Waals surface area (Å²) in [5, 5.41) is 17.6. The fourth-order valence-corrected chi connectivity index (χ4v) is 3.99. The van der Waals surface area contributed by atoms with Gasteiger partial charge in [-0.25, -0.2) is 18.4 Å². The van der Waals surface area contributed by atoms with Crippen molar-refractivity contribution in [3.05, 3.63) is 65.5 Å². The third kappa shape index (κ3) is 7.79. The molecule has 3 rings (SSSR count). The molecule has 0 aliphatic heterocycles. The van der Waals surface area contributed by atoms with Crippen LogP contribution in [0, 0.1) is 5.92 Å². The number of aliphatic hydroxyl groups excluding tert-OH is 1. The molecule has 1 amide bonds. The van der Waals surface area contributed by atoms with Crippen LogP contribution in [0.25, 0.3) is 0 Å². The Kier molecular flexibility index (Phi) is 9.52. The van der Waals surface area contributed by atoms with E-state index in [0.29, 0.717) is 17.4 Å². The lowest BCUT2D eigenvalue weighted by Gasteiger charge is -2.20. The lowest BCUT2D eigenvalue weighted by Crippen LogP contribution is -2.41. The molecule has 0 saturated carbocycles. The van der Waals surface area contributed by atoms with E-state index in [2.05, 4.69) is 30.9 Å². The van der Waals surface area contributed by atoms with Crippen LogP contribution in [0.4, 0.5) is 36.4 Å². The van der Waals surface area contributed by atoms with E-state index in [4.69, 9.17) is 0 Å². The number of hydrogen-bond donors (Lipinski definition) is 4. The Morgan fingerprint density at radius 2 is 1.88 bits per heavy atom. The minimum Gasteiger partial charge on any atom is -0.394 e. The molecule has 216 valence electrons. The number of benzene rings is 1. The van der Waals surface area contributed by atoms with Crippen molar-refractivity contribution in [2.75, 3.05) is 34.8 Å². The third-order valence-corrected chi connectivity index (χ3v) is 7.07. The summed E-state index contributed by atoms with van der Waals surface area (Å²) in [5.41, 5.74) is -0.212. The first-order valence-electron chi connectivity index (χ1n) is 12.1. The van der Waals surface area contributed by atoms with Crippen molar-refractivity contribution in [2.45, 2.75) is 32.6 Å². The van der Waals surface area contributed by atoms with E-state index >= 15 is 0 Å². The van der Waals surface area contributed by atoms with Gasteiger partial charge in [-0.05, 0) is 30.2 Å². The molecular weight excluding hydrogens is 551 g/mol. The minimum absolute atomic E-state index is 0.00348. The van der Waals surface area contributed by atoms with E-state index in [1.54, 1.807) is 18.2 Å². The highest BCUT2D eigenvalue weighted by atomic mass is 32.2. The van der Waals surface area contributed by atoms with Crippen molar-refractivity contribution >= 4 is 39.2 Å². The zero-order valence-corrected chi connectivity index (χ0v) is 23.0. The number of carbonyl (C=O) groups excluding carboxylic acids is 1. The average molecular weight is 582 g/mol. The number of nitrogens with one attached hydrogen (secondary N) is 3. The number of sulfonamides is 1. The molecule has 2 heterocycles. The predicted octanol–water partition coefficient (Wildman–Crippen LogP) is 3.39. The quantitative estimate of drug-likeness (QED) is 0.267. The van der Waals surface area contributed by atoms with E-state index < -0.39 is 39.5 Å². The monoisotopic (exact) mass is 581 g/mol. The van der Waals surface area contributed by atoms with Gasteiger partial charge in [-0.3, -0.25) is 9.10 Å². The molecule has 2 aromatic heterocycles. The Morgan fingerprint density at radius 1 is 1.15 bits per heavy atom. The molecule has 0 aliphatic rings. The molecule has 0 radical (unpaired) electrons. The molecule has 4 N–H and O–H groups in total. The SMILES string of the molecule is CC(C)[C@H](CO)NC(=O)c1cccc(Nc2ncc(C(F)(F)F)c(NCc3cccnc3N(C)S(C)(=O)=O)n2)c1. The summed E-state index contributed by atoms with van der Waals surface area (Å²) in [4.78, 5) is 24.4. The van der Waals surface area contributed by atoms with Crippen molar-refractivity contribution in [3.63, 3.8) is 0 Å². The highest BCUT2D eigenvalue weighted by Crippen LogP contribution is 2.34. The van der Waals surface area contributed by atoms with Gasteiger partial charge in [0.2, 0.25) is 16.0 Å². The minimum atomic E-state index is -4.78. The van der Waals surface area contributed by atoms with Gasteiger partial charge < -0.3 is 21.1 Å². The van der Waals surface area contributed by atoms with Crippen molar-refractivity contribution in [2.24, 2.45) is 5.92 Å². The number of halogens is 3. The molecule has 0 saturated heterocycles. The fraction of sp³-hybridized carbons (Fsp3) is 0.360. The number of pyridine rings is 1. The van der Waals surface area contributed by atoms with E-state index in [1.807, 2.05) is 13.8 Å². The van der Waals surface area contributed by atoms with Gasteiger partial charge in [0, 0.05) is 42.8 Å². The van der Waals surface area contributed by atoms with Crippen LogP contribution in [0.15, 0.2) is 48.8 Å². The number of aliphatic hydroxyl groups is 1. The van der Waals surface area contributed by atoms with Crippen molar-refractivity contribution in [3.8, 4) is 0 Å². The molecule has 0 bridgehead atoms. The molecule has 0 fully saturated rings. The number of hydrogen-bond acceptors (Lipinski definition) is 9. The second-order valence-electron chi connectivity index (χ2n) is 9.24. The van der Waals surface area contributed by atoms with Gasteiger partial charge in [-0.2, -0.15) is 18.2 Å². The normalized spacial score (nSPS) is 12.6. The first-order chi connectivity index (χ1) is 18.7. The Morgan fingerprint density at radius 3 is 2.50 bits per heavy atom. The van der Waals surface area contributed by atoms with Crippen LogP contribution in [0.2, 0.25) is 0 Å². The number of rotatable bonds is 11. The molecule has 0 spiro atoms. The van der Waals surface area contributed by atoms with E-state index in [0.717, 1.165) is 10.6 Å². The maximum Gasteiger partial charge on any atom is 0.421 e. The Balaban J connectivity index is 1.86. The number of carbonyl (C=O) groups is 1. The van der Waals surface area contributed by atoms with Gasteiger partial charge in [0.1, 0.15) is 17.2 Å². The van der Waals surface area contributed by atoms with Crippen LogP contribution in [-0.4, -0.2) is 60.3 Å². The number of nitrogens with zero attached hydrogens (tertiary/aromatic N) is 4. The predicted molar refractivity (Wildman–Crippen MR) is 145 cm³/mol. The van der Waals surface area contributed by atoms with Crippen molar-refractivity contribution in [1.82, 2.24) is 20.3 Å². The lowest BCUT2D eigenvalue weighted by molar-refractivity contribution is -0.137. The summed E-state index contributed by atoms with van der Waals surface area (Å²) in [7, 11) is -2.38. The second kappa shape index (κ2) is 12.5. The fourth-order valence-electron chi connectivity index (χ4n) is 3.51. The van der Waals surface area contributed by atoms with E-state index in [1.165, 1.54) is 31.4 Å². The van der Waals surface area contributed by atoms with Crippen LogP contribution < -0.4 is 20.3 Å². The van der Waals surface area contributed by atoms with Gasteiger partial charge in [0.05, 0.1) is 18.9 Å². The van der Waals surface area contributed by atoms with E-state index in [9.17, 15) is 31.5 Å². The van der Waals surface area contributed by atoms with Gasteiger partial charge in [-0.15, -0.1) is 0 Å². The smallest absolute Gasteiger partial charge is 0.394 e. The van der Waals surface area contributed by atoms with E-state index in [-0.39, 0.29) is 36.4 Å². The number of amides is 1. The topological polar surface area (TPSA) is 149 Å². The maximum atomic E-state index is 13.7. The number of alkyl halides is 3. The first-order valence-corrected chi connectivity index (χ1v) is 13.9. The van der Waals surface area contributed by atoms with Crippen LogP contribution >= 0.6 is 0 Å². The third-order valence-electron chi connectivity index (χ3n) is 5.90. The van der Waals surface area contributed by atoms with Gasteiger partial charge in [-0.1, -0.05) is 26.0 Å². The van der Waals surface area contributed by atoms with Gasteiger partial charge in [0.15, 0.2) is 0 Å². The summed E-state index contributed by atoms with van der Waals surface area (Å²) in [6.07, 6.45) is -1.80. The molecule has 0 unspecified atom stereocenters. The largest absolute Gasteiger partial charge is 0.421 e. The highest BCUT2D eigenvalue weighted by molar-refractivity contribution is 7.92. The second-order valence-corrected chi connectivity index (χ2v) is 11.2. The number of aromatic nitrogens is 3. The summed E-state index contributed by atoms with van der Waals surface area (Å²) in [6.45, 7) is 3.25. The highest BCUT2D eigenvalue weighted by Gasteiger charge is 2.35. The zero-order valence-electron chi connectivity index (χ0n) is 22.2. The van der Waals surface area contributed by atoms with Crippen molar-refractivity contribution in [1.29, 1.82) is 0 Å². The molecule has 15 heteroatoms. The summed E-state index contributed by atoms with van der Waals surface area (Å²) in [5.74, 6) is -1.11. The maximum absolute atomic E-state index is 13.7. The Bertz CT molecular complexity index is 1450. The summed E-state index contributed by atoms with van der Waals surface area (Å²) >= 11 is 0. The van der Waals surface area contributed by atoms with Crippen LogP contribution in [0.5, 0.6) is 0 Å². The Hall–Kier alpha value is -3.98. The first kappa shape index (κ1) is 30.6. The Labute approximate surface area is 229 Å². The van der Waals surface area contributed by atoms with Crippen LogP contribution in [-0.2, 0) is 22.7 Å². The molecule has 40 heavy (non-hydrogen) atoms.